The van der Waals surface area contributed by atoms with E-state index in [4.69, 9.17) is 11.5 Å². The van der Waals surface area contributed by atoms with E-state index in [1.165, 1.54) is 0 Å². The number of hydrogen-bond donors (Lipinski definition) is 2. The molecular formula is C10H14N4O. The van der Waals surface area contributed by atoms with E-state index in [0.29, 0.717) is 6.54 Å². The smallest absolute Gasteiger partial charge is 0.240 e. The molecule has 0 bridgehead atoms. The van der Waals surface area contributed by atoms with Gasteiger partial charge in [0.15, 0.2) is 0 Å². The summed E-state index contributed by atoms with van der Waals surface area (Å²) in [5, 5.41) is 0. The molecule has 0 aromatic carbocycles. The lowest BCUT2D eigenvalue weighted by molar-refractivity contribution is -0.120. The van der Waals surface area contributed by atoms with Crippen molar-refractivity contribution in [1.82, 2.24) is 4.98 Å². The SMILES string of the molecule is NCc1cccc(N2CCC2C(N)=O)n1. The molecular weight excluding hydrogens is 192 g/mol. The first-order chi connectivity index (χ1) is 7.22. The third-order valence-electron chi connectivity index (χ3n) is 2.64. The van der Waals surface area contributed by atoms with Crippen LogP contribution in [0.1, 0.15) is 12.1 Å². The Balaban J connectivity index is 2.19. The lowest BCUT2D eigenvalue weighted by Crippen LogP contribution is -2.55. The molecule has 1 fully saturated rings. The maximum atomic E-state index is 11.0. The Hall–Kier alpha value is -1.62. The van der Waals surface area contributed by atoms with Crippen LogP contribution in [0.5, 0.6) is 0 Å². The van der Waals surface area contributed by atoms with Gasteiger partial charge in [0, 0.05) is 13.1 Å². The van der Waals surface area contributed by atoms with Crippen molar-refractivity contribution >= 4 is 11.7 Å². The Morgan fingerprint density at radius 3 is 2.93 bits per heavy atom. The van der Waals surface area contributed by atoms with Crippen molar-refractivity contribution in [3.63, 3.8) is 0 Å². The van der Waals surface area contributed by atoms with Crippen LogP contribution < -0.4 is 16.4 Å². The van der Waals surface area contributed by atoms with Gasteiger partial charge in [-0.3, -0.25) is 4.79 Å². The van der Waals surface area contributed by atoms with Gasteiger partial charge in [-0.15, -0.1) is 0 Å². The molecule has 0 aliphatic carbocycles. The fourth-order valence-corrected chi connectivity index (χ4v) is 1.70. The van der Waals surface area contributed by atoms with Gasteiger partial charge in [-0.25, -0.2) is 4.98 Å². The summed E-state index contributed by atoms with van der Waals surface area (Å²) in [4.78, 5) is 17.3. The number of pyridine rings is 1. The highest BCUT2D eigenvalue weighted by atomic mass is 16.1. The van der Waals surface area contributed by atoms with Gasteiger partial charge in [0.25, 0.3) is 0 Å². The zero-order chi connectivity index (χ0) is 10.8. The summed E-state index contributed by atoms with van der Waals surface area (Å²) in [7, 11) is 0. The first-order valence-corrected chi connectivity index (χ1v) is 4.94. The Morgan fingerprint density at radius 1 is 1.60 bits per heavy atom. The van der Waals surface area contributed by atoms with Crippen LogP contribution in [0.25, 0.3) is 0 Å². The molecule has 2 rings (SSSR count). The molecule has 1 aliphatic heterocycles. The number of amides is 1. The minimum atomic E-state index is -0.291. The van der Waals surface area contributed by atoms with E-state index in [2.05, 4.69) is 4.98 Å². The zero-order valence-corrected chi connectivity index (χ0v) is 8.39. The Morgan fingerprint density at radius 2 is 2.40 bits per heavy atom. The number of rotatable bonds is 3. The summed E-state index contributed by atoms with van der Waals surface area (Å²) in [5.74, 6) is 0.495. The summed E-state index contributed by atoms with van der Waals surface area (Å²) in [6, 6.07) is 5.42. The van der Waals surface area contributed by atoms with Crippen LogP contribution in [-0.4, -0.2) is 23.5 Å². The van der Waals surface area contributed by atoms with E-state index in [0.717, 1.165) is 24.5 Å². The second-order valence-electron chi connectivity index (χ2n) is 3.59. The summed E-state index contributed by atoms with van der Waals surface area (Å²) < 4.78 is 0. The van der Waals surface area contributed by atoms with E-state index in [1.54, 1.807) is 0 Å². The van der Waals surface area contributed by atoms with Crippen molar-refractivity contribution in [3.8, 4) is 0 Å². The summed E-state index contributed by atoms with van der Waals surface area (Å²) in [6.07, 6.45) is 0.809. The molecule has 0 radical (unpaired) electrons. The fraction of sp³-hybridized carbons (Fsp3) is 0.400. The summed E-state index contributed by atoms with van der Waals surface area (Å²) >= 11 is 0. The quantitative estimate of drug-likeness (QED) is 0.705. The van der Waals surface area contributed by atoms with Crippen LogP contribution in [0.15, 0.2) is 18.2 Å². The molecule has 4 N–H and O–H groups in total. The summed E-state index contributed by atoms with van der Waals surface area (Å²) in [5.41, 5.74) is 11.6. The molecule has 2 heterocycles. The van der Waals surface area contributed by atoms with Crippen LogP contribution in [0.4, 0.5) is 5.82 Å². The second kappa shape index (κ2) is 3.86. The highest BCUT2D eigenvalue weighted by Crippen LogP contribution is 2.24. The highest BCUT2D eigenvalue weighted by Gasteiger charge is 2.33. The van der Waals surface area contributed by atoms with E-state index < -0.39 is 0 Å². The topological polar surface area (TPSA) is 85.2 Å². The van der Waals surface area contributed by atoms with Gasteiger partial charge in [-0.1, -0.05) is 6.07 Å². The normalized spacial score (nSPS) is 19.8. The molecule has 1 aliphatic rings. The van der Waals surface area contributed by atoms with Crippen LogP contribution >= 0.6 is 0 Å². The predicted octanol–water partition coefficient (Wildman–Crippen LogP) is -0.396. The van der Waals surface area contributed by atoms with Crippen molar-refractivity contribution in [2.24, 2.45) is 11.5 Å². The van der Waals surface area contributed by atoms with Crippen LogP contribution in [0.2, 0.25) is 0 Å². The monoisotopic (exact) mass is 206 g/mol. The molecule has 1 aromatic rings. The molecule has 0 saturated carbocycles. The molecule has 1 unspecified atom stereocenters. The maximum absolute atomic E-state index is 11.0. The Labute approximate surface area is 88.1 Å². The van der Waals surface area contributed by atoms with E-state index in [9.17, 15) is 4.79 Å². The molecule has 1 atom stereocenters. The number of carbonyl (C=O) groups is 1. The van der Waals surface area contributed by atoms with Gasteiger partial charge in [0.1, 0.15) is 11.9 Å². The van der Waals surface area contributed by atoms with Crippen LogP contribution in [-0.2, 0) is 11.3 Å². The second-order valence-corrected chi connectivity index (χ2v) is 3.59. The van der Waals surface area contributed by atoms with Gasteiger partial charge < -0.3 is 16.4 Å². The molecule has 5 heteroatoms. The summed E-state index contributed by atoms with van der Waals surface area (Å²) in [6.45, 7) is 1.23. The van der Waals surface area contributed by atoms with Crippen molar-refractivity contribution in [2.75, 3.05) is 11.4 Å². The van der Waals surface area contributed by atoms with Gasteiger partial charge in [0.2, 0.25) is 5.91 Å². The van der Waals surface area contributed by atoms with Crippen molar-refractivity contribution in [2.45, 2.75) is 19.0 Å². The molecule has 80 valence electrons. The largest absolute Gasteiger partial charge is 0.368 e. The lowest BCUT2D eigenvalue weighted by Gasteiger charge is -2.39. The van der Waals surface area contributed by atoms with Crippen molar-refractivity contribution in [1.29, 1.82) is 0 Å². The number of anilines is 1. The number of nitrogens with two attached hydrogens (primary N) is 2. The minimum absolute atomic E-state index is 0.203. The van der Waals surface area contributed by atoms with E-state index in [-0.39, 0.29) is 11.9 Å². The van der Waals surface area contributed by atoms with E-state index in [1.807, 2.05) is 23.1 Å². The third kappa shape index (κ3) is 1.78. The number of primary amides is 1. The predicted molar refractivity (Wildman–Crippen MR) is 57.1 cm³/mol. The van der Waals surface area contributed by atoms with Crippen molar-refractivity contribution < 1.29 is 4.79 Å². The van der Waals surface area contributed by atoms with Crippen molar-refractivity contribution in [3.05, 3.63) is 23.9 Å². The number of hydrogen-bond acceptors (Lipinski definition) is 4. The molecule has 1 saturated heterocycles. The zero-order valence-electron chi connectivity index (χ0n) is 8.39. The van der Waals surface area contributed by atoms with Crippen LogP contribution in [0.3, 0.4) is 0 Å². The van der Waals surface area contributed by atoms with E-state index >= 15 is 0 Å². The van der Waals surface area contributed by atoms with Gasteiger partial charge in [-0.05, 0) is 18.6 Å². The number of carbonyl (C=O) groups excluding carboxylic acids is 1. The third-order valence-corrected chi connectivity index (χ3v) is 2.64. The highest BCUT2D eigenvalue weighted by molar-refractivity contribution is 5.85. The molecule has 1 amide bonds. The Bertz CT molecular complexity index is 379. The Kier molecular flexibility index (Phi) is 2.55. The number of nitrogens with zero attached hydrogens (tertiary/aromatic N) is 2. The minimum Gasteiger partial charge on any atom is -0.368 e. The van der Waals surface area contributed by atoms with Gasteiger partial charge >= 0.3 is 0 Å². The lowest BCUT2D eigenvalue weighted by atomic mass is 10.0. The number of aromatic nitrogens is 1. The average molecular weight is 206 g/mol. The average Bonchev–Trinajstić information content (AvgIpc) is 2.15. The molecule has 15 heavy (non-hydrogen) atoms. The molecule has 0 spiro atoms. The maximum Gasteiger partial charge on any atom is 0.240 e. The molecule has 1 aromatic heterocycles. The fourth-order valence-electron chi connectivity index (χ4n) is 1.70. The van der Waals surface area contributed by atoms with Gasteiger partial charge in [-0.2, -0.15) is 0 Å². The first-order valence-electron chi connectivity index (χ1n) is 4.94. The first kappa shape index (κ1) is 9.92. The van der Waals surface area contributed by atoms with Crippen LogP contribution in [0, 0.1) is 0 Å². The van der Waals surface area contributed by atoms with Gasteiger partial charge in [0.05, 0.1) is 5.69 Å². The standard InChI is InChI=1S/C10H14N4O/c11-6-7-2-1-3-9(13-7)14-5-4-8(14)10(12)15/h1-3,8H,4-6,11H2,(H2,12,15). The molecule has 5 nitrogen and oxygen atoms in total.